The average molecular weight is 1660 g/mol. The quantitative estimate of drug-likeness (QED) is 0.0608. The van der Waals surface area contributed by atoms with E-state index in [0.29, 0.717) is 76.9 Å². The van der Waals surface area contributed by atoms with Crippen molar-refractivity contribution in [2.24, 2.45) is 18.5 Å². The predicted molar refractivity (Wildman–Crippen MR) is 412 cm³/mol. The molecule has 103 heavy (non-hydrogen) atoms. The number of carbonyl (C=O) groups excluding carboxylic acids is 1. The lowest BCUT2D eigenvalue weighted by Crippen LogP contribution is -2.34. The predicted octanol–water partition coefficient (Wildman–Crippen LogP) is 8.22. The van der Waals surface area contributed by atoms with Gasteiger partial charge in [-0.1, -0.05) is 24.3 Å². The summed E-state index contributed by atoms with van der Waals surface area (Å²) in [5.41, 5.74) is 55.1. The number of ether oxygens (including phenoxy) is 2. The number of fused-ring (bicyclic) bond motifs is 5. The minimum Gasteiger partial charge on any atom is -0.465 e. The Hall–Kier alpha value is -8.78. The Morgan fingerprint density at radius 2 is 1.17 bits per heavy atom. The van der Waals surface area contributed by atoms with Gasteiger partial charge in [0, 0.05) is 123 Å². The van der Waals surface area contributed by atoms with Gasteiger partial charge in [0.25, 0.3) is 0 Å². The Balaban J connectivity index is 0.000000116. The van der Waals surface area contributed by atoms with Crippen molar-refractivity contribution in [3.63, 3.8) is 0 Å². The fraction of sp³-hybridized carbons (Fsp3) is 0.382. The molecule has 15 heterocycles. The molecule has 0 spiro atoms. The molecular formula is C68H82Br4N28O3. The average Bonchev–Trinajstić information content (AvgIpc) is 1.66. The van der Waals surface area contributed by atoms with Gasteiger partial charge in [-0.25, -0.2) is 29.7 Å². The zero-order valence-corrected chi connectivity index (χ0v) is 63.4. The zero-order chi connectivity index (χ0) is 72.2. The van der Waals surface area contributed by atoms with Crippen LogP contribution in [0, 0.1) is 0 Å². The number of hydrogen-bond acceptors (Lipinski definition) is 25. The van der Waals surface area contributed by atoms with Crippen LogP contribution in [0.4, 0.5) is 34.9 Å². The lowest BCUT2D eigenvalue weighted by Gasteiger charge is -2.24. The van der Waals surface area contributed by atoms with E-state index in [-0.39, 0.29) is 24.2 Å². The van der Waals surface area contributed by atoms with Gasteiger partial charge in [0.05, 0.1) is 97.1 Å². The summed E-state index contributed by atoms with van der Waals surface area (Å²) >= 11 is 13.9. The van der Waals surface area contributed by atoms with Crippen molar-refractivity contribution in [1.82, 2.24) is 98.7 Å². The molecule has 6 atom stereocenters. The Morgan fingerprint density at radius 1 is 0.592 bits per heavy atom. The van der Waals surface area contributed by atoms with E-state index in [0.717, 1.165) is 176 Å². The molecule has 5 aliphatic rings. The second kappa shape index (κ2) is 32.1. The second-order valence-electron chi connectivity index (χ2n) is 25.9. The Morgan fingerprint density at radius 3 is 1.79 bits per heavy atom. The van der Waals surface area contributed by atoms with E-state index in [2.05, 4.69) is 125 Å². The Labute approximate surface area is 626 Å². The summed E-state index contributed by atoms with van der Waals surface area (Å²) in [6.07, 6.45) is 24.9. The number of aryl methyl sites for hydroxylation is 1. The zero-order valence-electron chi connectivity index (χ0n) is 57.1. The van der Waals surface area contributed by atoms with Gasteiger partial charge in [0.15, 0.2) is 28.2 Å². The summed E-state index contributed by atoms with van der Waals surface area (Å²) < 4.78 is 23.8. The van der Waals surface area contributed by atoms with Gasteiger partial charge in [0.2, 0.25) is 0 Å². The number of esters is 1. The van der Waals surface area contributed by atoms with E-state index < -0.39 is 0 Å². The molecule has 35 heteroatoms. The molecule has 0 bridgehead atoms. The number of nitrogen functional groups attached to an aromatic ring is 5. The first-order chi connectivity index (χ1) is 49.8. The highest BCUT2D eigenvalue weighted by molar-refractivity contribution is 9.11. The largest absolute Gasteiger partial charge is 0.465 e. The summed E-state index contributed by atoms with van der Waals surface area (Å²) in [5, 5.41) is 35.7. The summed E-state index contributed by atoms with van der Waals surface area (Å²) in [5.74, 6) is 4.56. The maximum absolute atomic E-state index is 11.8. The lowest BCUT2D eigenvalue weighted by atomic mass is 9.96. The van der Waals surface area contributed by atoms with Crippen molar-refractivity contribution in [3.05, 3.63) is 144 Å². The van der Waals surface area contributed by atoms with Gasteiger partial charge in [-0.3, -0.25) is 4.68 Å². The molecule has 11 aromatic heterocycles. The summed E-state index contributed by atoms with van der Waals surface area (Å²) in [7, 11) is 3.25. The van der Waals surface area contributed by atoms with E-state index in [1.54, 1.807) is 70.4 Å². The van der Waals surface area contributed by atoms with E-state index in [1.807, 2.05) is 68.8 Å². The lowest BCUT2D eigenvalue weighted by molar-refractivity contribution is 0.0247. The van der Waals surface area contributed by atoms with Crippen LogP contribution in [0.15, 0.2) is 110 Å². The molecule has 17 N–H and O–H groups in total. The number of piperidine rings is 2. The summed E-state index contributed by atoms with van der Waals surface area (Å²) in [6, 6.07) is 13.5. The first-order valence-corrected chi connectivity index (χ1v) is 37.2. The molecule has 5 fully saturated rings. The van der Waals surface area contributed by atoms with Crippen molar-refractivity contribution in [2.75, 3.05) is 99.6 Å². The summed E-state index contributed by atoms with van der Waals surface area (Å²) in [6.45, 7) is 9.98. The van der Waals surface area contributed by atoms with Crippen LogP contribution in [0.2, 0.25) is 0 Å². The van der Waals surface area contributed by atoms with E-state index in [9.17, 15) is 4.79 Å². The van der Waals surface area contributed by atoms with Crippen LogP contribution >= 0.6 is 63.7 Å². The van der Waals surface area contributed by atoms with Crippen molar-refractivity contribution < 1.29 is 14.3 Å². The monoisotopic (exact) mass is 1650 g/mol. The van der Waals surface area contributed by atoms with Crippen molar-refractivity contribution >= 4 is 139 Å². The molecule has 0 radical (unpaired) electrons. The maximum atomic E-state index is 11.8. The number of nitrogens with zero attached hydrogens (tertiary/aromatic N) is 18. The third-order valence-electron chi connectivity index (χ3n) is 18.8. The van der Waals surface area contributed by atoms with E-state index in [1.165, 1.54) is 20.0 Å². The van der Waals surface area contributed by atoms with Crippen LogP contribution in [0.5, 0.6) is 0 Å². The van der Waals surface area contributed by atoms with Crippen molar-refractivity contribution in [1.29, 1.82) is 0 Å². The third-order valence-corrected chi connectivity index (χ3v) is 21.5. The first-order valence-electron chi connectivity index (χ1n) is 34.0. The van der Waals surface area contributed by atoms with Crippen LogP contribution < -0.4 is 61.0 Å². The van der Waals surface area contributed by atoms with Crippen molar-refractivity contribution in [3.8, 4) is 22.3 Å². The molecule has 4 aliphatic heterocycles. The highest BCUT2D eigenvalue weighted by Crippen LogP contribution is 2.40. The molecule has 540 valence electrons. The molecule has 1 aromatic carbocycles. The number of nitrogens with two attached hydrogens (primary N) is 7. The number of nitrogens with one attached hydrogen (secondary N) is 3. The number of allylic oxidation sites excluding steroid dienone is 1. The van der Waals surface area contributed by atoms with Crippen LogP contribution in [-0.2, 0) is 16.5 Å². The number of benzene rings is 1. The first kappa shape index (κ1) is 72.6. The number of morpholine rings is 1. The number of hydrogen-bond donors (Lipinski definition) is 10. The second-order valence-corrected chi connectivity index (χ2v) is 29.2. The minimum atomic E-state index is -0.371. The van der Waals surface area contributed by atoms with Gasteiger partial charge in [-0.2, -0.15) is 53.2 Å². The minimum absolute atomic E-state index is 0.137. The Bertz CT molecular complexity index is 5050. The smallest absolute Gasteiger partial charge is 0.337 e. The molecule has 0 amide bonds. The van der Waals surface area contributed by atoms with Crippen LogP contribution in [0.3, 0.4) is 0 Å². The molecule has 31 nitrogen and oxygen atoms in total. The molecule has 4 saturated heterocycles. The number of methoxy groups -OCH3 is 1. The molecule has 12 aromatic rings. The highest BCUT2D eigenvalue weighted by atomic mass is 79.9. The number of anilines is 6. The number of halogens is 4. The van der Waals surface area contributed by atoms with Gasteiger partial charge in [0.1, 0.15) is 41.0 Å². The molecule has 1 aliphatic carbocycles. The Kier molecular flexibility index (Phi) is 22.6. The van der Waals surface area contributed by atoms with E-state index >= 15 is 0 Å². The van der Waals surface area contributed by atoms with E-state index in [4.69, 9.17) is 64.6 Å². The van der Waals surface area contributed by atoms with Crippen LogP contribution in [-0.4, -0.2) is 167 Å². The van der Waals surface area contributed by atoms with Gasteiger partial charge < -0.3 is 70.5 Å². The third kappa shape index (κ3) is 15.7. The van der Waals surface area contributed by atoms with Gasteiger partial charge in [-0.05, 0) is 153 Å². The fourth-order valence-corrected chi connectivity index (χ4v) is 15.2. The van der Waals surface area contributed by atoms with Crippen molar-refractivity contribution in [2.45, 2.75) is 94.2 Å². The number of carbonyl (C=O) groups is 1. The normalized spacial score (nSPS) is 19.8. The topological polar surface area (TPSA) is 426 Å². The number of aromatic nitrogens is 17. The van der Waals surface area contributed by atoms with Gasteiger partial charge >= 0.3 is 5.97 Å². The van der Waals surface area contributed by atoms with Gasteiger partial charge in [-0.15, -0.1) is 0 Å². The molecular weight excluding hydrogens is 1580 g/mol. The van der Waals surface area contributed by atoms with Crippen LogP contribution in [0.1, 0.15) is 121 Å². The molecule has 4 unspecified atom stereocenters. The highest BCUT2D eigenvalue weighted by Gasteiger charge is 2.30. The molecule has 17 rings (SSSR count). The maximum Gasteiger partial charge on any atom is 0.337 e. The summed E-state index contributed by atoms with van der Waals surface area (Å²) in [4.78, 5) is 37.6. The SMILES string of the molecule is C/C=C\c1cnn2c(N)cc(C3CCCNC3)nc12.COC(=O)c1cccc(-c2cnn3c(N)cc(C4CCCNC4)nc23)c1.Cn1cc(-c2cnn3c(N)c(Br)c(C4CNCCO4)nc23)cn1.Nc1c(Br)c(C2CC[C@@H](N)C2)nc2c(Br)cnn12.Nc1cc(N2CC[C@@H](N)C2)nc2c(Br)cnn12. The van der Waals surface area contributed by atoms with Crippen LogP contribution in [0.25, 0.3) is 56.6 Å². The fourth-order valence-electron chi connectivity index (χ4n) is 13.4. The molecule has 1 saturated carbocycles. The number of rotatable bonds is 9. The standard InChI is InChI=1S/C19H21N5O2.C14H16BrN7O.C14H19N5.C11H13Br2N5.C10H13BrN6/c1-26-19(25)13-5-2-4-12(8-13)15-11-22-24-17(20)9-16(23-18(15)24)14-6-3-7-21-10-14;1-21-7-8(4-18-21)9-5-19-22-13(16)11(15)12(20-14(9)22)10-6-17-2-3-23-10;1-2-4-11-9-17-19-13(15)7-12(18-14(11)19)10-5-3-6-16-8-10;12-7-4-16-18-10(15)8(13)9(17-11(7)18)5-1-2-6(14)3-5;11-7-4-14-17-8(13)3-9(15-10(7)17)16-2-1-6(12)5-16/h2,4-5,8-9,11,14,21H,3,6-7,10,20H2,1H3;4-5,7,10,17H,2-3,6,16H2,1H3;2,4,7,9-10,16H,3,5-6,8,15H2,1H3;4-6H,1-3,14-15H2;3-4,6H,1-2,5,12-13H2/b;;4-2-;;/t;;;5?,6-;6-/m...11/s1.